The molecule has 15 heteroatoms. The van der Waals surface area contributed by atoms with Crippen LogP contribution in [0.1, 0.15) is 0 Å². The second kappa shape index (κ2) is 15.3. The van der Waals surface area contributed by atoms with Gasteiger partial charge in [0.1, 0.15) is 23.0 Å². The normalized spacial score (nSPS) is 10.5. The molecule has 0 aliphatic rings. The second-order valence-corrected chi connectivity index (χ2v) is 12.7. The van der Waals surface area contributed by atoms with E-state index >= 15 is 0 Å². The molecule has 4 N–H and O–H groups in total. The van der Waals surface area contributed by atoms with Crippen molar-refractivity contribution >= 4 is 116 Å². The van der Waals surface area contributed by atoms with Gasteiger partial charge < -0.3 is 20.4 Å². The molecule has 0 bridgehead atoms. The summed E-state index contributed by atoms with van der Waals surface area (Å²) < 4.78 is 0. The van der Waals surface area contributed by atoms with Crippen LogP contribution < -0.4 is 0 Å². The summed E-state index contributed by atoms with van der Waals surface area (Å²) in [6, 6.07) is 11.8. The third-order valence-electron chi connectivity index (χ3n) is 4.41. The van der Waals surface area contributed by atoms with E-state index in [1.54, 1.807) is 0 Å². The maximum Gasteiger partial charge on any atom is 0.148 e. The first-order valence-corrected chi connectivity index (χ1v) is 14.5. The first-order chi connectivity index (χ1) is 17.8. The van der Waals surface area contributed by atoms with Gasteiger partial charge in [-0.2, -0.15) is 0 Å². The van der Waals surface area contributed by atoms with E-state index in [2.05, 4.69) is 0 Å². The van der Waals surface area contributed by atoms with Gasteiger partial charge in [-0.1, -0.05) is 116 Å². The van der Waals surface area contributed by atoms with Crippen molar-refractivity contribution in [2.75, 3.05) is 0 Å². The van der Waals surface area contributed by atoms with Crippen LogP contribution >= 0.6 is 116 Å². The molecule has 0 amide bonds. The van der Waals surface area contributed by atoms with Gasteiger partial charge in [0, 0.05) is 39.6 Å². The van der Waals surface area contributed by atoms with Crippen LogP contribution in [0.15, 0.2) is 68.1 Å². The Hall–Kier alpha value is -0.277. The average Bonchev–Trinajstić information content (AvgIpc) is 2.82. The van der Waals surface area contributed by atoms with Gasteiger partial charge in [-0.15, -0.1) is 0 Å². The molecule has 0 atom stereocenters. The molecule has 202 valence electrons. The average molecular weight is 778 g/mol. The fourth-order valence-electron chi connectivity index (χ4n) is 2.72. The first-order valence-electron chi connectivity index (χ1n) is 9.84. The third-order valence-corrected chi connectivity index (χ3v) is 8.56. The molecule has 0 aromatic heterocycles. The summed E-state index contributed by atoms with van der Waals surface area (Å²) in [6.07, 6.45) is 0. The Morgan fingerprint density at radius 1 is 0.359 bits per heavy atom. The molecule has 0 saturated heterocycles. The first kappa shape index (κ1) is 34.9. The van der Waals surface area contributed by atoms with E-state index in [4.69, 9.17) is 92.8 Å². The van der Waals surface area contributed by atoms with E-state index < -0.39 is 0 Å². The molecule has 0 radical (unpaired) electrons. The predicted molar refractivity (Wildman–Crippen MR) is 161 cm³/mol. The van der Waals surface area contributed by atoms with Gasteiger partial charge in [0.25, 0.3) is 0 Å². The van der Waals surface area contributed by atoms with Gasteiger partial charge in [-0.05, 0) is 48.5 Å². The Morgan fingerprint density at radius 2 is 0.538 bits per heavy atom. The Kier molecular flexibility index (Phi) is 13.7. The van der Waals surface area contributed by atoms with Crippen LogP contribution in [0.25, 0.3) is 0 Å². The van der Waals surface area contributed by atoms with Crippen LogP contribution in [-0.4, -0.2) is 20.4 Å². The fourth-order valence-corrected chi connectivity index (χ4v) is 7.22. The van der Waals surface area contributed by atoms with Crippen LogP contribution in [0.3, 0.4) is 0 Å². The molecule has 0 spiro atoms. The summed E-state index contributed by atoms with van der Waals surface area (Å²) >= 11 is 48.9. The number of aromatic hydroxyl groups is 4. The standard InChI is InChI=1S/2C12H6Cl4O2S.Zn/c2*13-5-1-7(15)11(17)9(3-5)19-10-4-6(14)2-8(16)12(10)18;/h2*1-4,17-18H;. The zero-order valence-electron chi connectivity index (χ0n) is 19.0. The Bertz CT molecular complexity index is 1300. The number of hydrogen-bond acceptors (Lipinski definition) is 6. The van der Waals surface area contributed by atoms with Gasteiger partial charge >= 0.3 is 0 Å². The number of phenols is 4. The van der Waals surface area contributed by atoms with Crippen LogP contribution in [-0.2, 0) is 19.5 Å². The maximum atomic E-state index is 9.85. The van der Waals surface area contributed by atoms with Crippen LogP contribution in [0.4, 0.5) is 0 Å². The number of hydrogen-bond donors (Lipinski definition) is 4. The minimum atomic E-state index is -0.119. The quantitative estimate of drug-likeness (QED) is 0.155. The van der Waals surface area contributed by atoms with E-state index in [0.29, 0.717) is 39.7 Å². The number of phenolic OH excluding ortho intramolecular Hbond substituents is 4. The van der Waals surface area contributed by atoms with E-state index in [9.17, 15) is 20.4 Å². The van der Waals surface area contributed by atoms with Gasteiger partial charge in [0.05, 0.1) is 39.7 Å². The summed E-state index contributed by atoms with van der Waals surface area (Å²) in [5, 5.41) is 41.4. The van der Waals surface area contributed by atoms with Crippen molar-refractivity contribution < 1.29 is 39.9 Å². The van der Waals surface area contributed by atoms with Crippen molar-refractivity contribution in [2.24, 2.45) is 0 Å². The minimum Gasteiger partial charge on any atom is -0.505 e. The van der Waals surface area contributed by atoms with E-state index in [1.807, 2.05) is 0 Å². The van der Waals surface area contributed by atoms with Crippen molar-refractivity contribution in [3.63, 3.8) is 0 Å². The van der Waals surface area contributed by atoms with E-state index in [0.717, 1.165) is 23.5 Å². The predicted octanol–water partition coefficient (Wildman–Crippen LogP) is 11.7. The maximum absolute atomic E-state index is 9.85. The number of rotatable bonds is 4. The van der Waals surface area contributed by atoms with E-state index in [1.165, 1.54) is 48.5 Å². The molecule has 0 saturated carbocycles. The van der Waals surface area contributed by atoms with Crippen molar-refractivity contribution in [2.45, 2.75) is 19.6 Å². The van der Waals surface area contributed by atoms with Crippen molar-refractivity contribution in [1.29, 1.82) is 0 Å². The molecule has 39 heavy (non-hydrogen) atoms. The molecule has 0 heterocycles. The zero-order chi connectivity index (χ0) is 28.3. The number of benzene rings is 4. The third kappa shape index (κ3) is 9.36. The molecule has 4 aromatic carbocycles. The molecule has 0 aliphatic carbocycles. The summed E-state index contributed by atoms with van der Waals surface area (Å²) in [4.78, 5) is 1.58. The van der Waals surface area contributed by atoms with Crippen LogP contribution in [0, 0.1) is 0 Å². The largest absolute Gasteiger partial charge is 0.505 e. The fraction of sp³-hybridized carbons (Fsp3) is 0. The SMILES string of the molecule is Oc1c(Cl)cc(Cl)cc1Sc1cc(Cl)cc(Cl)c1O.Oc1c(Cl)cc(Cl)cc1Sc1cc(Cl)cc(Cl)c1O.[Zn]. The van der Waals surface area contributed by atoms with Gasteiger partial charge in [-0.3, -0.25) is 0 Å². The van der Waals surface area contributed by atoms with Crippen LogP contribution in [0.2, 0.25) is 40.2 Å². The molecule has 4 aromatic rings. The molecule has 4 nitrogen and oxygen atoms in total. The topological polar surface area (TPSA) is 80.9 Å². The Balaban J connectivity index is 0.000000267. The molecule has 0 unspecified atom stereocenters. The Labute approximate surface area is 284 Å². The van der Waals surface area contributed by atoms with Crippen LogP contribution in [0.5, 0.6) is 23.0 Å². The van der Waals surface area contributed by atoms with E-state index in [-0.39, 0.29) is 62.6 Å². The van der Waals surface area contributed by atoms with Gasteiger partial charge in [0.2, 0.25) is 0 Å². The summed E-state index contributed by atoms with van der Waals surface area (Å²) in [7, 11) is 0. The molecular weight excluding hydrogens is 765 g/mol. The second-order valence-electron chi connectivity index (χ2n) is 7.14. The Morgan fingerprint density at radius 3 is 0.718 bits per heavy atom. The van der Waals surface area contributed by atoms with Crippen molar-refractivity contribution in [3.05, 3.63) is 88.7 Å². The molecular formula is C24H12Cl8O4S2Zn. The zero-order valence-corrected chi connectivity index (χ0v) is 29.6. The molecule has 0 fully saturated rings. The summed E-state index contributed by atoms with van der Waals surface area (Å²) in [6.45, 7) is 0. The minimum absolute atomic E-state index is 0. The molecule has 4 rings (SSSR count). The monoisotopic (exact) mass is 772 g/mol. The van der Waals surface area contributed by atoms with Gasteiger partial charge in [-0.25, -0.2) is 0 Å². The smallest absolute Gasteiger partial charge is 0.148 e. The van der Waals surface area contributed by atoms with Crippen molar-refractivity contribution in [3.8, 4) is 23.0 Å². The molecule has 0 aliphatic heterocycles. The van der Waals surface area contributed by atoms with Crippen molar-refractivity contribution in [1.82, 2.24) is 0 Å². The number of halogens is 8. The summed E-state index contributed by atoms with van der Waals surface area (Å²) in [5.74, 6) is -0.476. The van der Waals surface area contributed by atoms with Gasteiger partial charge in [0.15, 0.2) is 0 Å². The summed E-state index contributed by atoms with van der Waals surface area (Å²) in [5.41, 5.74) is 0.